The van der Waals surface area contributed by atoms with E-state index in [9.17, 15) is 24.3 Å². The Morgan fingerprint density at radius 1 is 1.19 bits per heavy atom. The van der Waals surface area contributed by atoms with Crippen LogP contribution in [0.25, 0.3) is 0 Å². The molecule has 0 saturated carbocycles. The molecule has 1 spiro atoms. The summed E-state index contributed by atoms with van der Waals surface area (Å²) in [4.78, 5) is 59.0. The van der Waals surface area contributed by atoms with E-state index < -0.39 is 59.1 Å². The van der Waals surface area contributed by atoms with Crippen LogP contribution >= 0.6 is 15.9 Å². The molecule has 264 valence electrons. The highest BCUT2D eigenvalue weighted by Gasteiger charge is 2.77. The summed E-state index contributed by atoms with van der Waals surface area (Å²) in [7, 11) is 0. The Hall–Kier alpha value is -3.02. The van der Waals surface area contributed by atoms with Gasteiger partial charge in [0, 0.05) is 23.3 Å². The number of alkyl halides is 1. The maximum Gasteiger partial charge on any atom is 0.313 e. The smallest absolute Gasteiger partial charge is 0.313 e. The second-order valence-electron chi connectivity index (χ2n) is 15.2. The molecule has 0 aromatic heterocycles. The van der Waals surface area contributed by atoms with E-state index in [1.165, 1.54) is 4.90 Å². The van der Waals surface area contributed by atoms with Crippen molar-refractivity contribution in [3.63, 3.8) is 0 Å². The maximum atomic E-state index is 14.9. The van der Waals surface area contributed by atoms with Crippen LogP contribution in [0.2, 0.25) is 0 Å². The Morgan fingerprint density at radius 2 is 1.85 bits per heavy atom. The van der Waals surface area contributed by atoms with Crippen molar-refractivity contribution < 1.29 is 33.8 Å². The van der Waals surface area contributed by atoms with E-state index in [0.717, 1.165) is 0 Å². The maximum absolute atomic E-state index is 14.9. The Bertz CT molecular complexity index is 1380. The van der Waals surface area contributed by atoms with E-state index in [1.807, 2.05) is 44.2 Å². The number of aliphatic hydroxyl groups excluding tert-OH is 1. The van der Waals surface area contributed by atoms with E-state index >= 15 is 0 Å². The number of aliphatic hydroxyl groups is 1. The van der Waals surface area contributed by atoms with Crippen molar-refractivity contribution in [2.45, 2.75) is 107 Å². The molecule has 4 rings (SSSR count). The summed E-state index contributed by atoms with van der Waals surface area (Å²) in [5, 5.41) is 13.2. The Kier molecular flexibility index (Phi) is 11.7. The minimum absolute atomic E-state index is 0.0413. The number of ether oxygens (including phenoxy) is 2. The van der Waals surface area contributed by atoms with Crippen LogP contribution in [0, 0.1) is 17.3 Å². The third-order valence-corrected chi connectivity index (χ3v) is 10.6. The van der Waals surface area contributed by atoms with Crippen LogP contribution in [-0.4, -0.2) is 92.4 Å². The number of hydrogen-bond donors (Lipinski definition) is 2. The summed E-state index contributed by atoms with van der Waals surface area (Å²) in [6.45, 7) is 19.5. The molecule has 2 bridgehead atoms. The van der Waals surface area contributed by atoms with Crippen molar-refractivity contribution in [2.24, 2.45) is 17.3 Å². The molecular formula is C37H52BrN3O7. The number of halogens is 1. The summed E-state index contributed by atoms with van der Waals surface area (Å²) >= 11 is 3.72. The first-order chi connectivity index (χ1) is 22.5. The lowest BCUT2D eigenvalue weighted by molar-refractivity contribution is -0.161. The molecule has 1 unspecified atom stereocenters. The average Bonchev–Trinajstić information content (AvgIpc) is 3.62. The zero-order valence-corrected chi connectivity index (χ0v) is 30.7. The normalized spacial score (nSPS) is 27.6. The molecule has 0 aliphatic carbocycles. The first-order valence-electron chi connectivity index (χ1n) is 16.8. The van der Waals surface area contributed by atoms with Crippen molar-refractivity contribution in [3.8, 4) is 0 Å². The minimum Gasteiger partial charge on any atom is -0.455 e. The van der Waals surface area contributed by atoms with Crippen molar-refractivity contribution in [3.05, 3.63) is 61.2 Å². The van der Waals surface area contributed by atoms with Gasteiger partial charge in [-0.1, -0.05) is 79.2 Å². The fourth-order valence-corrected chi connectivity index (χ4v) is 9.07. The number of likely N-dealkylation sites (tertiary alicyclic amines) is 1. The first kappa shape index (κ1) is 37.8. The second kappa shape index (κ2) is 14.8. The number of nitrogens with zero attached hydrogens (tertiary/aromatic N) is 2. The number of hydrogen-bond acceptors (Lipinski definition) is 7. The van der Waals surface area contributed by atoms with Gasteiger partial charge in [-0.15, -0.1) is 13.2 Å². The zero-order chi connectivity index (χ0) is 35.6. The number of amides is 3. The van der Waals surface area contributed by atoms with Gasteiger partial charge < -0.3 is 29.7 Å². The van der Waals surface area contributed by atoms with Crippen LogP contribution < -0.4 is 5.32 Å². The number of carbonyl (C=O) groups excluding carboxylic acids is 4. The number of benzene rings is 1. The molecule has 2 N–H and O–H groups in total. The summed E-state index contributed by atoms with van der Waals surface area (Å²) in [5.41, 5.74) is -1.35. The van der Waals surface area contributed by atoms with Crippen molar-refractivity contribution in [2.75, 3.05) is 19.7 Å². The standard InChI is InChI=1S/C37H52BrN3O7/c1-9-11-17-27(43)39-20-26(24-15-13-12-14-16-24)47-34(46)28-29-32(44)41(23(3)21-42)31(37(29)19-25(38)30(28)48-37)33(45)40(18-10-2)36(7,8)22-35(4,5)6/h9-10,12-16,23,25-26,28-31,42H,1-2,11,17-22H2,3-8H3,(H,39,43)/t23-,25?,26+,28-,29+,30-,31-,37+/m1/s1. The highest BCUT2D eigenvalue weighted by atomic mass is 79.9. The van der Waals surface area contributed by atoms with E-state index in [-0.39, 0.29) is 48.2 Å². The fourth-order valence-electron chi connectivity index (χ4n) is 8.13. The van der Waals surface area contributed by atoms with Crippen molar-refractivity contribution >= 4 is 39.6 Å². The second-order valence-corrected chi connectivity index (χ2v) is 16.4. The molecule has 1 aromatic rings. The molecule has 0 radical (unpaired) electrons. The summed E-state index contributed by atoms with van der Waals surface area (Å²) in [6.07, 6.45) is 3.57. The zero-order valence-electron chi connectivity index (χ0n) is 29.1. The van der Waals surface area contributed by atoms with Gasteiger partial charge in [0.25, 0.3) is 0 Å². The van der Waals surface area contributed by atoms with Gasteiger partial charge in [-0.2, -0.15) is 0 Å². The molecule has 3 heterocycles. The monoisotopic (exact) mass is 729 g/mol. The predicted molar refractivity (Wildman–Crippen MR) is 187 cm³/mol. The molecule has 3 fully saturated rings. The van der Waals surface area contributed by atoms with Crippen LogP contribution in [0.15, 0.2) is 55.6 Å². The fraction of sp³-hybridized carbons (Fsp3) is 0.622. The van der Waals surface area contributed by atoms with Gasteiger partial charge in [-0.3, -0.25) is 19.2 Å². The van der Waals surface area contributed by atoms with Gasteiger partial charge in [-0.25, -0.2) is 0 Å². The summed E-state index contributed by atoms with van der Waals surface area (Å²) in [6, 6.07) is 7.33. The van der Waals surface area contributed by atoms with Crippen LogP contribution in [0.4, 0.5) is 0 Å². The van der Waals surface area contributed by atoms with E-state index in [1.54, 1.807) is 24.0 Å². The molecule has 11 heteroatoms. The number of carbonyl (C=O) groups is 4. The molecule has 3 aliphatic rings. The lowest BCUT2D eigenvalue weighted by Crippen LogP contribution is -2.62. The van der Waals surface area contributed by atoms with Crippen molar-refractivity contribution in [1.82, 2.24) is 15.1 Å². The molecule has 48 heavy (non-hydrogen) atoms. The SMILES string of the molecule is C=CCCC(=O)NC[C@H](OC(=O)[C@H]1[C@@H]2O[C@@]3(CC2Br)[C@@H]1C(=O)N([C@H](C)CO)[C@@H]3C(=O)N(CC=C)C(C)(C)CC(C)(C)C)c1ccccc1. The van der Waals surface area contributed by atoms with Gasteiger partial charge in [0.2, 0.25) is 17.7 Å². The first-order valence-corrected chi connectivity index (χ1v) is 17.7. The van der Waals surface area contributed by atoms with Crippen LogP contribution in [0.1, 0.15) is 78.9 Å². The predicted octanol–water partition coefficient (Wildman–Crippen LogP) is 4.71. The van der Waals surface area contributed by atoms with Crippen molar-refractivity contribution in [1.29, 1.82) is 0 Å². The Labute approximate surface area is 293 Å². The van der Waals surface area contributed by atoms with Gasteiger partial charge in [-0.05, 0) is 51.0 Å². The van der Waals surface area contributed by atoms with E-state index in [2.05, 4.69) is 55.2 Å². The van der Waals surface area contributed by atoms with Gasteiger partial charge >= 0.3 is 5.97 Å². The Morgan fingerprint density at radius 3 is 2.44 bits per heavy atom. The molecule has 1 aromatic carbocycles. The largest absolute Gasteiger partial charge is 0.455 e. The molecular weight excluding hydrogens is 678 g/mol. The highest BCUT2D eigenvalue weighted by molar-refractivity contribution is 9.09. The highest BCUT2D eigenvalue weighted by Crippen LogP contribution is 2.61. The number of allylic oxidation sites excluding steroid dienone is 1. The number of rotatable bonds is 15. The summed E-state index contributed by atoms with van der Waals surface area (Å²) in [5.74, 6) is -3.58. The molecule has 3 saturated heterocycles. The number of esters is 1. The van der Waals surface area contributed by atoms with E-state index in [4.69, 9.17) is 9.47 Å². The summed E-state index contributed by atoms with van der Waals surface area (Å²) < 4.78 is 12.8. The van der Waals surface area contributed by atoms with Crippen LogP contribution in [0.3, 0.4) is 0 Å². The number of nitrogens with one attached hydrogen (secondary N) is 1. The van der Waals surface area contributed by atoms with Gasteiger partial charge in [0.1, 0.15) is 17.7 Å². The molecule has 3 aliphatic heterocycles. The van der Waals surface area contributed by atoms with Crippen LogP contribution in [0.5, 0.6) is 0 Å². The van der Waals surface area contributed by atoms with Gasteiger partial charge in [0.15, 0.2) is 0 Å². The quantitative estimate of drug-likeness (QED) is 0.152. The third kappa shape index (κ3) is 7.43. The topological polar surface area (TPSA) is 125 Å². The average molecular weight is 731 g/mol. The lowest BCUT2D eigenvalue weighted by atomic mass is 9.70. The molecule has 10 nitrogen and oxygen atoms in total. The minimum atomic E-state index is -1.32. The lowest BCUT2D eigenvalue weighted by Gasteiger charge is -2.46. The number of fused-ring (bicyclic) bond motifs is 1. The van der Waals surface area contributed by atoms with Crippen LogP contribution in [-0.2, 0) is 28.7 Å². The van der Waals surface area contributed by atoms with Gasteiger partial charge in [0.05, 0.1) is 37.1 Å². The van der Waals surface area contributed by atoms with E-state index in [0.29, 0.717) is 24.8 Å². The molecule has 3 amide bonds. The molecule has 8 atom stereocenters. The Balaban J connectivity index is 1.71. The third-order valence-electron chi connectivity index (χ3n) is 9.73.